The Hall–Kier alpha value is -1.63. The second kappa shape index (κ2) is 7.72. The van der Waals surface area contributed by atoms with Crippen LogP contribution in [0.4, 0.5) is 9.93 Å². The fourth-order valence-electron chi connectivity index (χ4n) is 3.48. The van der Waals surface area contributed by atoms with E-state index in [0.29, 0.717) is 31.8 Å². The highest BCUT2D eigenvalue weighted by Crippen LogP contribution is 2.32. The smallest absolute Gasteiger partial charge is 0.317 e. The number of nitrogens with zero attached hydrogens (tertiary/aromatic N) is 2. The molecular formula is C18H28N4O2S. The molecule has 1 saturated heterocycles. The van der Waals surface area contributed by atoms with Crippen LogP contribution in [0.1, 0.15) is 50.6 Å². The number of anilines is 1. The second-order valence-electron chi connectivity index (χ2n) is 7.59. The van der Waals surface area contributed by atoms with Crippen LogP contribution in [0.2, 0.25) is 0 Å². The van der Waals surface area contributed by atoms with E-state index in [4.69, 9.17) is 0 Å². The molecule has 0 bridgehead atoms. The summed E-state index contributed by atoms with van der Waals surface area (Å²) in [7, 11) is 0. The highest BCUT2D eigenvalue weighted by Gasteiger charge is 2.28. The van der Waals surface area contributed by atoms with Gasteiger partial charge >= 0.3 is 6.03 Å². The van der Waals surface area contributed by atoms with Gasteiger partial charge < -0.3 is 15.5 Å². The van der Waals surface area contributed by atoms with Crippen molar-refractivity contribution in [3.05, 3.63) is 10.6 Å². The summed E-state index contributed by atoms with van der Waals surface area (Å²) >= 11 is 1.63. The Morgan fingerprint density at radius 3 is 2.64 bits per heavy atom. The molecule has 1 atom stereocenters. The van der Waals surface area contributed by atoms with E-state index in [1.54, 1.807) is 16.2 Å². The molecule has 7 heteroatoms. The van der Waals surface area contributed by atoms with Gasteiger partial charge in [-0.2, -0.15) is 0 Å². The van der Waals surface area contributed by atoms with E-state index < -0.39 is 0 Å². The van der Waals surface area contributed by atoms with Crippen molar-refractivity contribution in [3.8, 4) is 0 Å². The predicted molar refractivity (Wildman–Crippen MR) is 99.9 cm³/mol. The summed E-state index contributed by atoms with van der Waals surface area (Å²) in [6, 6.07) is 0.0998. The monoisotopic (exact) mass is 364 g/mol. The summed E-state index contributed by atoms with van der Waals surface area (Å²) in [5.41, 5.74) is 1.17. The molecule has 138 valence electrons. The summed E-state index contributed by atoms with van der Waals surface area (Å²) in [5, 5.41) is 6.66. The zero-order valence-corrected chi connectivity index (χ0v) is 16.1. The number of carbonyl (C=O) groups excluding carboxylic acids is 2. The first-order valence-electron chi connectivity index (χ1n) is 9.27. The van der Waals surface area contributed by atoms with Gasteiger partial charge in [-0.25, -0.2) is 9.78 Å². The van der Waals surface area contributed by atoms with Crippen LogP contribution in [0.25, 0.3) is 0 Å². The lowest BCUT2D eigenvalue weighted by Crippen LogP contribution is -2.47. The average Bonchev–Trinajstić information content (AvgIpc) is 2.95. The standard InChI is InChI=1S/C18H28N4O2S/c1-11(2)19-18(24)22-8-6-13(7-9-22)16(23)21-17-20-14-5-4-12(3)10-15(14)25-17/h11-13H,4-10H2,1-3H3,(H,19,24)(H,20,21,23)/t12-/m1/s1. The molecule has 2 heterocycles. The van der Waals surface area contributed by atoms with Gasteiger partial charge in [-0.15, -0.1) is 11.3 Å². The van der Waals surface area contributed by atoms with Crippen LogP contribution < -0.4 is 10.6 Å². The normalized spacial score (nSPS) is 21.1. The van der Waals surface area contributed by atoms with E-state index in [-0.39, 0.29) is 23.9 Å². The Morgan fingerprint density at radius 1 is 1.24 bits per heavy atom. The summed E-state index contributed by atoms with van der Waals surface area (Å²) in [6.45, 7) is 7.42. The number of likely N-dealkylation sites (tertiary alicyclic amines) is 1. The van der Waals surface area contributed by atoms with E-state index in [0.717, 1.165) is 18.0 Å². The highest BCUT2D eigenvalue weighted by molar-refractivity contribution is 7.15. The molecule has 1 fully saturated rings. The van der Waals surface area contributed by atoms with E-state index in [1.165, 1.54) is 17.0 Å². The van der Waals surface area contributed by atoms with Gasteiger partial charge in [0.1, 0.15) is 0 Å². The van der Waals surface area contributed by atoms with Crippen LogP contribution in [0.3, 0.4) is 0 Å². The Morgan fingerprint density at radius 2 is 1.96 bits per heavy atom. The lowest BCUT2D eigenvalue weighted by molar-refractivity contribution is -0.121. The molecule has 0 aromatic carbocycles. The van der Waals surface area contributed by atoms with Crippen molar-refractivity contribution in [2.75, 3.05) is 18.4 Å². The maximum absolute atomic E-state index is 12.5. The van der Waals surface area contributed by atoms with Crippen LogP contribution in [0.5, 0.6) is 0 Å². The number of nitrogens with one attached hydrogen (secondary N) is 2. The molecule has 6 nitrogen and oxygen atoms in total. The first-order valence-corrected chi connectivity index (χ1v) is 10.1. The lowest BCUT2D eigenvalue weighted by atomic mass is 9.93. The van der Waals surface area contributed by atoms with E-state index >= 15 is 0 Å². The number of fused-ring (bicyclic) bond motifs is 1. The fraction of sp³-hybridized carbons (Fsp3) is 0.722. The molecular weight excluding hydrogens is 336 g/mol. The molecule has 0 spiro atoms. The van der Waals surface area contributed by atoms with Crippen molar-refractivity contribution in [2.45, 2.75) is 58.9 Å². The summed E-state index contributed by atoms with van der Waals surface area (Å²) in [5.74, 6) is 0.712. The maximum atomic E-state index is 12.5. The van der Waals surface area contributed by atoms with E-state index in [1.807, 2.05) is 13.8 Å². The van der Waals surface area contributed by atoms with Gasteiger partial charge in [0, 0.05) is 29.9 Å². The number of aryl methyl sites for hydroxylation is 1. The van der Waals surface area contributed by atoms with Crippen LogP contribution >= 0.6 is 11.3 Å². The minimum Gasteiger partial charge on any atom is -0.336 e. The first kappa shape index (κ1) is 18.2. The topological polar surface area (TPSA) is 74.3 Å². The Labute approximate surface area is 153 Å². The molecule has 0 radical (unpaired) electrons. The largest absolute Gasteiger partial charge is 0.336 e. The van der Waals surface area contributed by atoms with Gasteiger partial charge in [0.15, 0.2) is 5.13 Å². The minimum atomic E-state index is -0.0389. The van der Waals surface area contributed by atoms with Gasteiger partial charge in [0.05, 0.1) is 5.69 Å². The van der Waals surface area contributed by atoms with Crippen molar-refractivity contribution in [3.63, 3.8) is 0 Å². The average molecular weight is 365 g/mol. The van der Waals surface area contributed by atoms with Gasteiger partial charge in [-0.05, 0) is 51.9 Å². The first-order chi connectivity index (χ1) is 11.9. The van der Waals surface area contributed by atoms with Crippen LogP contribution in [-0.2, 0) is 17.6 Å². The third-order valence-electron chi connectivity index (χ3n) is 4.98. The number of amides is 3. The Kier molecular flexibility index (Phi) is 5.61. The zero-order chi connectivity index (χ0) is 18.0. The maximum Gasteiger partial charge on any atom is 0.317 e. The second-order valence-corrected chi connectivity index (χ2v) is 8.68. The number of rotatable bonds is 3. The third-order valence-corrected chi connectivity index (χ3v) is 6.02. The van der Waals surface area contributed by atoms with Crippen molar-refractivity contribution < 1.29 is 9.59 Å². The predicted octanol–water partition coefficient (Wildman–Crippen LogP) is 3.04. The fourth-order valence-corrected chi connectivity index (χ4v) is 4.66. The molecule has 25 heavy (non-hydrogen) atoms. The molecule has 2 aliphatic rings. The third kappa shape index (κ3) is 4.51. The Balaban J connectivity index is 1.51. The van der Waals surface area contributed by atoms with Crippen LogP contribution in [-0.4, -0.2) is 41.0 Å². The minimum absolute atomic E-state index is 0.0319. The van der Waals surface area contributed by atoms with Crippen molar-refractivity contribution >= 4 is 28.4 Å². The quantitative estimate of drug-likeness (QED) is 0.866. The number of aromatic nitrogens is 1. The molecule has 0 unspecified atom stereocenters. The van der Waals surface area contributed by atoms with Crippen molar-refractivity contribution in [1.29, 1.82) is 0 Å². The molecule has 1 aliphatic heterocycles. The number of carbonyl (C=O) groups is 2. The molecule has 2 N–H and O–H groups in total. The molecule has 1 aliphatic carbocycles. The lowest BCUT2D eigenvalue weighted by Gasteiger charge is -2.31. The summed E-state index contributed by atoms with van der Waals surface area (Å²) < 4.78 is 0. The Bertz CT molecular complexity index is 635. The van der Waals surface area contributed by atoms with Gasteiger partial charge in [0.2, 0.25) is 5.91 Å². The van der Waals surface area contributed by atoms with Gasteiger partial charge in [-0.1, -0.05) is 6.92 Å². The zero-order valence-electron chi connectivity index (χ0n) is 15.3. The van der Waals surface area contributed by atoms with Crippen molar-refractivity contribution in [1.82, 2.24) is 15.2 Å². The van der Waals surface area contributed by atoms with E-state index in [2.05, 4.69) is 22.5 Å². The summed E-state index contributed by atoms with van der Waals surface area (Å²) in [6.07, 6.45) is 4.69. The highest BCUT2D eigenvalue weighted by atomic mass is 32.1. The van der Waals surface area contributed by atoms with Gasteiger partial charge in [0.25, 0.3) is 0 Å². The van der Waals surface area contributed by atoms with Crippen LogP contribution in [0, 0.1) is 11.8 Å². The number of hydrogen-bond acceptors (Lipinski definition) is 4. The van der Waals surface area contributed by atoms with Crippen molar-refractivity contribution in [2.24, 2.45) is 11.8 Å². The SMILES string of the molecule is CC(C)NC(=O)N1CCC(C(=O)Nc2nc3c(s2)C[C@H](C)CC3)CC1. The van der Waals surface area contributed by atoms with Crippen LogP contribution in [0.15, 0.2) is 0 Å². The molecule has 1 aromatic rings. The number of urea groups is 1. The molecule has 3 amide bonds. The number of hydrogen-bond donors (Lipinski definition) is 2. The molecule has 0 saturated carbocycles. The molecule has 3 rings (SSSR count). The van der Waals surface area contributed by atoms with E-state index in [9.17, 15) is 9.59 Å². The van der Waals surface area contributed by atoms with Gasteiger partial charge in [-0.3, -0.25) is 4.79 Å². The molecule has 1 aromatic heterocycles. The number of piperidine rings is 1. The summed E-state index contributed by atoms with van der Waals surface area (Å²) in [4.78, 5) is 32.3. The number of thiazole rings is 1.